The molecule has 1 heterocycles. The number of carbonyl (C=O) groups excluding carboxylic acids is 3. The van der Waals surface area contributed by atoms with Gasteiger partial charge in [-0.1, -0.05) is 44.0 Å². The number of amides is 3. The first-order chi connectivity index (χ1) is 20.1. The predicted octanol–water partition coefficient (Wildman–Crippen LogP) is 7.69. The number of ether oxygens (including phenoxy) is 2. The number of halogens is 2. The molecule has 2 aliphatic rings. The summed E-state index contributed by atoms with van der Waals surface area (Å²) in [5.74, 6) is -0.109. The summed E-state index contributed by atoms with van der Waals surface area (Å²) in [6.07, 6.45) is 2.18. The van der Waals surface area contributed by atoms with E-state index in [0.29, 0.717) is 38.9 Å². The summed E-state index contributed by atoms with van der Waals surface area (Å²) in [6, 6.07) is 12.2. The van der Waals surface area contributed by atoms with Crippen molar-refractivity contribution in [2.75, 3.05) is 19.6 Å². The monoisotopic (exact) mass is 719 g/mol. The topological polar surface area (TPSA) is 97.0 Å². The Morgan fingerprint density at radius 1 is 0.837 bits per heavy atom. The molecule has 0 saturated carbocycles. The van der Waals surface area contributed by atoms with E-state index < -0.39 is 29.4 Å². The number of hydrogen-bond donors (Lipinski definition) is 2. The Bertz CT molecular complexity index is 1300. The van der Waals surface area contributed by atoms with Crippen LogP contribution in [0.2, 0.25) is 0 Å². The molecule has 0 bridgehead atoms. The molecule has 43 heavy (non-hydrogen) atoms. The Morgan fingerprint density at radius 3 is 1.86 bits per heavy atom. The average molecular weight is 722 g/mol. The van der Waals surface area contributed by atoms with Gasteiger partial charge in [-0.05, 0) is 120 Å². The minimum atomic E-state index is -0.725. The van der Waals surface area contributed by atoms with E-state index in [9.17, 15) is 14.4 Å². The molecular formula is C33H43Br2N3O5. The summed E-state index contributed by atoms with van der Waals surface area (Å²) < 4.78 is 12.9. The molecule has 4 rings (SSSR count). The van der Waals surface area contributed by atoms with Gasteiger partial charge in [-0.2, -0.15) is 0 Å². The number of likely N-dealkylation sites (tertiary alicyclic amines) is 1. The molecule has 1 spiro atoms. The maximum Gasteiger partial charge on any atom is 0.408 e. The predicted molar refractivity (Wildman–Crippen MR) is 175 cm³/mol. The van der Waals surface area contributed by atoms with Crippen LogP contribution in [-0.4, -0.2) is 59.9 Å². The zero-order valence-corrected chi connectivity index (χ0v) is 29.1. The molecule has 2 aromatic rings. The zero-order chi connectivity index (χ0) is 31.6. The molecule has 2 N–H and O–H groups in total. The third kappa shape index (κ3) is 8.32. The van der Waals surface area contributed by atoms with E-state index in [1.807, 2.05) is 25.7 Å². The molecule has 3 amide bonds. The van der Waals surface area contributed by atoms with Crippen molar-refractivity contribution in [1.82, 2.24) is 15.5 Å². The average Bonchev–Trinajstić information content (AvgIpc) is 3.13. The number of benzene rings is 2. The van der Waals surface area contributed by atoms with Gasteiger partial charge in [0.05, 0.1) is 0 Å². The van der Waals surface area contributed by atoms with Crippen LogP contribution in [-0.2, 0) is 19.7 Å². The Labute approximate surface area is 271 Å². The standard InChI is InChI=1S/C33H43Br2N3O5/c1-31(2,3)42-29(40)36-16-8-7-9-27(37-30(41)43-32(4,5)6)28(39)38-17-14-33(15-18-38)25-19-21(34)10-12-23(25)24-13-11-22(35)20-26(24)33/h10-13,19-20,27H,7-9,14-18H2,1-6H3,(H,36,40)(H,37,41). The fourth-order valence-electron chi connectivity index (χ4n) is 5.99. The van der Waals surface area contributed by atoms with Crippen molar-refractivity contribution in [1.29, 1.82) is 0 Å². The molecule has 1 aliphatic heterocycles. The molecule has 234 valence electrons. The smallest absolute Gasteiger partial charge is 0.408 e. The lowest BCUT2D eigenvalue weighted by atomic mass is 9.71. The van der Waals surface area contributed by atoms with Crippen LogP contribution in [0, 0.1) is 0 Å². The van der Waals surface area contributed by atoms with E-state index in [1.165, 1.54) is 22.3 Å². The number of hydrogen-bond acceptors (Lipinski definition) is 5. The van der Waals surface area contributed by atoms with Gasteiger partial charge in [-0.15, -0.1) is 0 Å². The van der Waals surface area contributed by atoms with Crippen molar-refractivity contribution in [2.24, 2.45) is 0 Å². The summed E-state index contributed by atoms with van der Waals surface area (Å²) in [5, 5.41) is 5.59. The number of fused-ring (bicyclic) bond motifs is 5. The van der Waals surface area contributed by atoms with Crippen molar-refractivity contribution >= 4 is 50.0 Å². The molecule has 1 fully saturated rings. The number of unbranched alkanes of at least 4 members (excludes halogenated alkanes) is 1. The summed E-state index contributed by atoms with van der Waals surface area (Å²) in [7, 11) is 0. The first-order valence-corrected chi connectivity index (χ1v) is 16.5. The van der Waals surface area contributed by atoms with Gasteiger partial charge in [0.1, 0.15) is 17.2 Å². The van der Waals surface area contributed by atoms with Crippen molar-refractivity contribution in [2.45, 2.75) is 96.3 Å². The zero-order valence-electron chi connectivity index (χ0n) is 25.9. The first kappa shape index (κ1) is 33.3. The van der Waals surface area contributed by atoms with Gasteiger partial charge in [0.2, 0.25) is 5.91 Å². The van der Waals surface area contributed by atoms with E-state index in [0.717, 1.165) is 21.8 Å². The molecule has 2 aromatic carbocycles. The van der Waals surface area contributed by atoms with Crippen LogP contribution in [0.3, 0.4) is 0 Å². The van der Waals surface area contributed by atoms with E-state index >= 15 is 0 Å². The number of alkyl carbamates (subject to hydrolysis) is 2. The van der Waals surface area contributed by atoms with Crippen LogP contribution < -0.4 is 10.6 Å². The lowest BCUT2D eigenvalue weighted by Crippen LogP contribution is -2.53. The molecule has 0 aromatic heterocycles. The third-order valence-corrected chi connectivity index (χ3v) is 8.78. The Morgan fingerprint density at radius 2 is 1.35 bits per heavy atom. The van der Waals surface area contributed by atoms with Crippen LogP contribution >= 0.6 is 31.9 Å². The molecule has 0 radical (unpaired) electrons. The molecule has 10 heteroatoms. The highest BCUT2D eigenvalue weighted by Gasteiger charge is 2.46. The summed E-state index contributed by atoms with van der Waals surface area (Å²) in [6.45, 7) is 12.4. The van der Waals surface area contributed by atoms with Gasteiger partial charge in [-0.25, -0.2) is 9.59 Å². The number of nitrogens with one attached hydrogen (secondary N) is 2. The van der Waals surface area contributed by atoms with E-state index in [1.54, 1.807) is 20.8 Å². The molecule has 1 unspecified atom stereocenters. The number of carbonyl (C=O) groups is 3. The van der Waals surface area contributed by atoms with E-state index in [2.05, 4.69) is 78.9 Å². The van der Waals surface area contributed by atoms with Crippen molar-refractivity contribution < 1.29 is 23.9 Å². The Balaban J connectivity index is 1.44. The lowest BCUT2D eigenvalue weighted by Gasteiger charge is -2.42. The maximum absolute atomic E-state index is 13.9. The molecule has 8 nitrogen and oxygen atoms in total. The highest BCUT2D eigenvalue weighted by molar-refractivity contribution is 9.10. The highest BCUT2D eigenvalue weighted by atomic mass is 79.9. The normalized spacial score (nSPS) is 16.2. The maximum atomic E-state index is 13.9. The van der Waals surface area contributed by atoms with Gasteiger partial charge < -0.3 is 25.0 Å². The van der Waals surface area contributed by atoms with Crippen LogP contribution in [0.15, 0.2) is 45.3 Å². The largest absolute Gasteiger partial charge is 0.444 e. The second kappa shape index (κ2) is 13.2. The molecule has 1 saturated heterocycles. The van der Waals surface area contributed by atoms with Gasteiger partial charge >= 0.3 is 12.2 Å². The van der Waals surface area contributed by atoms with Gasteiger partial charge in [0, 0.05) is 34.0 Å². The van der Waals surface area contributed by atoms with Gasteiger partial charge in [0.15, 0.2) is 0 Å². The highest BCUT2D eigenvalue weighted by Crippen LogP contribution is 2.55. The van der Waals surface area contributed by atoms with Gasteiger partial charge in [0.25, 0.3) is 0 Å². The van der Waals surface area contributed by atoms with E-state index in [4.69, 9.17) is 9.47 Å². The fraction of sp³-hybridized carbons (Fsp3) is 0.545. The van der Waals surface area contributed by atoms with Crippen molar-refractivity contribution in [3.8, 4) is 11.1 Å². The van der Waals surface area contributed by atoms with Crippen LogP contribution in [0.25, 0.3) is 11.1 Å². The van der Waals surface area contributed by atoms with Crippen molar-refractivity contribution in [3.05, 3.63) is 56.5 Å². The third-order valence-electron chi connectivity index (χ3n) is 7.79. The molecule has 1 atom stereocenters. The quantitative estimate of drug-likeness (QED) is 0.286. The second-order valence-corrected chi connectivity index (χ2v) is 15.2. The van der Waals surface area contributed by atoms with E-state index in [-0.39, 0.29) is 11.3 Å². The number of rotatable bonds is 7. The van der Waals surface area contributed by atoms with Crippen molar-refractivity contribution in [3.63, 3.8) is 0 Å². The van der Waals surface area contributed by atoms with Crippen LogP contribution in [0.4, 0.5) is 9.59 Å². The summed E-state index contributed by atoms with van der Waals surface area (Å²) >= 11 is 7.34. The molecule has 1 aliphatic carbocycles. The summed E-state index contributed by atoms with van der Waals surface area (Å²) in [5.41, 5.74) is 3.65. The summed E-state index contributed by atoms with van der Waals surface area (Å²) in [4.78, 5) is 40.5. The Kier molecular flexibility index (Phi) is 10.2. The lowest BCUT2D eigenvalue weighted by molar-refractivity contribution is -0.135. The molecular weight excluding hydrogens is 678 g/mol. The minimum absolute atomic E-state index is 0.109. The fourth-order valence-corrected chi connectivity index (χ4v) is 6.71. The van der Waals surface area contributed by atoms with Crippen LogP contribution in [0.1, 0.15) is 84.8 Å². The second-order valence-electron chi connectivity index (χ2n) is 13.4. The van der Waals surface area contributed by atoms with Crippen LogP contribution in [0.5, 0.6) is 0 Å². The van der Waals surface area contributed by atoms with Gasteiger partial charge in [-0.3, -0.25) is 4.79 Å². The Hall–Kier alpha value is -2.59. The SMILES string of the molecule is CC(C)(C)OC(=O)NCCCCC(NC(=O)OC(C)(C)C)C(=O)N1CCC2(CC1)c1cc(Br)ccc1-c1ccc(Br)cc12. The number of piperidine rings is 1. The number of nitrogens with zero attached hydrogens (tertiary/aromatic N) is 1. The minimum Gasteiger partial charge on any atom is -0.444 e. The first-order valence-electron chi connectivity index (χ1n) is 14.9.